The Morgan fingerprint density at radius 2 is 1.20 bits per heavy atom. The fourth-order valence-corrected chi connectivity index (χ4v) is 15.3. The normalized spacial score (nSPS) is 14.4. The van der Waals surface area contributed by atoms with Gasteiger partial charge >= 0.3 is 7.87 Å². The van der Waals surface area contributed by atoms with Crippen molar-refractivity contribution in [1.82, 2.24) is 0 Å². The van der Waals surface area contributed by atoms with Crippen LogP contribution >= 0.6 is 11.1 Å². The molecule has 0 aromatic rings. The van der Waals surface area contributed by atoms with Gasteiger partial charge < -0.3 is 8.23 Å². The lowest BCUT2D eigenvalue weighted by Gasteiger charge is -2.35. The highest BCUT2D eigenvalue weighted by Crippen LogP contribution is 2.28. The van der Waals surface area contributed by atoms with Crippen molar-refractivity contribution >= 4 is 35.6 Å². The van der Waals surface area contributed by atoms with Gasteiger partial charge in [-0.25, -0.2) is 0 Å². The van der Waals surface area contributed by atoms with E-state index in [1.54, 1.807) is 0 Å². The minimum Gasteiger partial charge on any atom is -0.426 e. The molecule has 0 unspecified atom stereocenters. The molecule has 0 heterocycles. The van der Waals surface area contributed by atoms with Gasteiger partial charge in [-0.1, -0.05) is 13.3 Å². The lowest BCUT2D eigenvalue weighted by atomic mass is 10.6. The second-order valence-electron chi connectivity index (χ2n) is 5.84. The van der Waals surface area contributed by atoms with E-state index in [-0.39, 0.29) is 0 Å². The van der Waals surface area contributed by atoms with Gasteiger partial charge in [0, 0.05) is 6.04 Å². The molecule has 0 aliphatic carbocycles. The van der Waals surface area contributed by atoms with Crippen LogP contribution in [0, 0.1) is 0 Å². The highest BCUT2D eigenvalue weighted by molar-refractivity contribution is 7.17. The molecule has 0 aromatic heterocycles. The molecule has 0 saturated heterocycles. The molecule has 0 N–H and O–H groups in total. The quantitative estimate of drug-likeness (QED) is 0.535. The van der Waals surface area contributed by atoms with Crippen molar-refractivity contribution in [2.75, 3.05) is 0 Å². The van der Waals surface area contributed by atoms with E-state index < -0.39 is 24.5 Å². The molecule has 0 aliphatic rings. The molecule has 0 fully saturated rings. The van der Waals surface area contributed by atoms with Crippen molar-refractivity contribution < 1.29 is 8.23 Å². The van der Waals surface area contributed by atoms with Crippen LogP contribution in [0.15, 0.2) is 0 Å². The van der Waals surface area contributed by atoms with Gasteiger partial charge in [-0.3, -0.25) is 0 Å². The van der Waals surface area contributed by atoms with E-state index in [4.69, 9.17) is 19.3 Å². The number of hydrogen-bond donors (Lipinski definition) is 0. The molecule has 6 heteroatoms. The molecule has 0 aliphatic heterocycles. The molecule has 0 aromatic carbocycles. The topological polar surface area (TPSA) is 18.5 Å². The van der Waals surface area contributed by atoms with Gasteiger partial charge in [0.05, 0.1) is 0 Å². The van der Waals surface area contributed by atoms with E-state index in [0.29, 0.717) is 0 Å². The first-order valence-corrected chi connectivity index (χ1v) is 15.4. The second-order valence-corrected chi connectivity index (χ2v) is 19.5. The van der Waals surface area contributed by atoms with E-state index >= 15 is 0 Å². The summed E-state index contributed by atoms with van der Waals surface area (Å²) in [6.45, 7) is 15.1. The zero-order valence-corrected chi connectivity index (χ0v) is 14.9. The molecule has 0 amide bonds. The molecule has 0 bridgehead atoms. The minimum atomic E-state index is -2.42. The van der Waals surface area contributed by atoms with Crippen LogP contribution in [0.25, 0.3) is 0 Å². The van der Waals surface area contributed by atoms with Gasteiger partial charge in [0.25, 0.3) is 0 Å². The summed E-state index contributed by atoms with van der Waals surface area (Å²) in [5, 5.41) is 0. The first-order chi connectivity index (χ1) is 6.47. The summed E-state index contributed by atoms with van der Waals surface area (Å²) in [5.74, 6) is 0. The van der Waals surface area contributed by atoms with Gasteiger partial charge in [0.1, 0.15) is 0 Å². The van der Waals surface area contributed by atoms with Crippen molar-refractivity contribution in [3.63, 3.8) is 0 Å². The van der Waals surface area contributed by atoms with Crippen LogP contribution < -0.4 is 0 Å². The van der Waals surface area contributed by atoms with E-state index in [1.807, 2.05) is 0 Å². The van der Waals surface area contributed by atoms with Crippen molar-refractivity contribution in [3.05, 3.63) is 0 Å². The maximum atomic E-state index is 6.57. The van der Waals surface area contributed by atoms with Crippen LogP contribution in [0.5, 0.6) is 0 Å². The largest absolute Gasteiger partial charge is 0.426 e. The Morgan fingerprint density at radius 1 is 0.867 bits per heavy atom. The summed E-state index contributed by atoms with van der Waals surface area (Å²) in [4.78, 5) is 0. The molecule has 0 spiro atoms. The Labute approximate surface area is 103 Å². The molecule has 0 atom stereocenters. The molecular weight excluding hydrogens is 260 g/mol. The van der Waals surface area contributed by atoms with Crippen LogP contribution in [-0.4, -0.2) is 24.5 Å². The highest BCUT2D eigenvalue weighted by atomic mass is 35.6. The number of rotatable bonds is 6. The predicted octanol–water partition coefficient (Wildman–Crippen LogP) is 4.28. The average molecular weight is 285 g/mol. The summed E-state index contributed by atoms with van der Waals surface area (Å²) in [6.07, 6.45) is 1.03. The molecule has 15 heavy (non-hydrogen) atoms. The maximum absolute atomic E-state index is 6.57. The van der Waals surface area contributed by atoms with E-state index in [1.165, 1.54) is 0 Å². The van der Waals surface area contributed by atoms with Crippen LogP contribution in [0.1, 0.15) is 13.3 Å². The number of hydrogen-bond acceptors (Lipinski definition) is 2. The third-order valence-electron chi connectivity index (χ3n) is 1.47. The molecule has 0 rings (SSSR count). The first-order valence-electron chi connectivity index (χ1n) is 5.57. The monoisotopic (exact) mass is 284 g/mol. The fourth-order valence-electron chi connectivity index (χ4n) is 1.34. The zero-order chi connectivity index (χ0) is 12.3. The number of halogens is 1. The lowest BCUT2D eigenvalue weighted by molar-refractivity contribution is 0.402. The van der Waals surface area contributed by atoms with Crippen LogP contribution in [-0.2, 0) is 8.23 Å². The van der Waals surface area contributed by atoms with Crippen molar-refractivity contribution in [3.8, 4) is 0 Å². The lowest BCUT2D eigenvalue weighted by Crippen LogP contribution is -2.50. The van der Waals surface area contributed by atoms with Gasteiger partial charge in [-0.15, -0.1) is 11.1 Å². The van der Waals surface area contributed by atoms with Gasteiger partial charge in [-0.2, -0.15) is 0 Å². The Kier molecular flexibility index (Phi) is 5.78. The van der Waals surface area contributed by atoms with E-state index in [0.717, 1.165) is 12.5 Å². The summed E-state index contributed by atoms with van der Waals surface area (Å²) in [5.41, 5.74) is 0. The fraction of sp³-hybridized carbons (Fsp3) is 1.00. The third kappa shape index (κ3) is 8.65. The van der Waals surface area contributed by atoms with Crippen LogP contribution in [0.2, 0.25) is 45.3 Å². The Morgan fingerprint density at radius 3 is 1.40 bits per heavy atom. The molecule has 92 valence electrons. The summed E-state index contributed by atoms with van der Waals surface area (Å²) < 4.78 is 12.2. The van der Waals surface area contributed by atoms with E-state index in [9.17, 15) is 0 Å². The van der Waals surface area contributed by atoms with Crippen LogP contribution in [0.3, 0.4) is 0 Å². The Balaban J connectivity index is 4.59. The average Bonchev–Trinajstić information content (AvgIpc) is 1.74. The maximum Gasteiger partial charge on any atom is 0.422 e. The molecular formula is C9H25ClO2Si3. The first kappa shape index (κ1) is 15.9. The summed E-state index contributed by atoms with van der Waals surface area (Å²) in [6, 6.07) is 0.892. The van der Waals surface area contributed by atoms with Crippen molar-refractivity contribution in [1.29, 1.82) is 0 Å². The van der Waals surface area contributed by atoms with Gasteiger partial charge in [-0.05, 0) is 39.3 Å². The Bertz CT molecular complexity index is 183. The van der Waals surface area contributed by atoms with Crippen LogP contribution in [0.4, 0.5) is 0 Å². The second kappa shape index (κ2) is 5.46. The summed E-state index contributed by atoms with van der Waals surface area (Å²) >= 11 is 6.57. The van der Waals surface area contributed by atoms with Crippen molar-refractivity contribution in [2.24, 2.45) is 0 Å². The van der Waals surface area contributed by atoms with Crippen molar-refractivity contribution in [2.45, 2.75) is 58.7 Å². The van der Waals surface area contributed by atoms with Gasteiger partial charge in [0.2, 0.25) is 0 Å². The predicted molar refractivity (Wildman–Crippen MR) is 75.6 cm³/mol. The SMILES string of the molecule is CCC[Si](Cl)(O[Si](C)(C)C)O[Si](C)(C)C. The summed E-state index contributed by atoms with van der Waals surface area (Å²) in [7, 11) is -5.63. The third-order valence-corrected chi connectivity index (χ3v) is 11.9. The van der Waals surface area contributed by atoms with Gasteiger partial charge in [0.15, 0.2) is 16.6 Å². The van der Waals surface area contributed by atoms with E-state index in [2.05, 4.69) is 46.2 Å². The zero-order valence-electron chi connectivity index (χ0n) is 11.1. The molecule has 0 radical (unpaired) electrons. The molecule has 2 nitrogen and oxygen atoms in total. The minimum absolute atomic E-state index is 0.892. The standard InChI is InChI=1S/C9H25ClO2Si3/c1-8-9-15(10,11-13(2,3)4)12-14(5,6)7/h8-9H2,1-7H3. The Hall–Kier alpha value is 0.861. The smallest absolute Gasteiger partial charge is 0.422 e. The molecule has 0 saturated carbocycles. The highest BCUT2D eigenvalue weighted by Gasteiger charge is 2.42.